The lowest BCUT2D eigenvalue weighted by Crippen LogP contribution is -2.59. The van der Waals surface area contributed by atoms with E-state index in [9.17, 15) is 43.5 Å². The highest BCUT2D eigenvalue weighted by molar-refractivity contribution is 7.90. The normalized spacial score (nSPS) is 38.6. The lowest BCUT2D eigenvalue weighted by Gasteiger charge is -2.46. The minimum absolute atomic E-state index is 0.0618. The molecule has 16 nitrogen and oxygen atoms in total. The van der Waals surface area contributed by atoms with E-state index in [1.807, 2.05) is 42.5 Å². The smallest absolute Gasteiger partial charge is 0.328 e. The number of likely N-dealkylation sites (N-methyl/N-ethyl adjacent to an activating group) is 1. The number of aliphatic hydroxyl groups excluding tert-OH is 3. The quantitative estimate of drug-likeness (QED) is 0.131. The fraction of sp³-hybridized carbons (Fsp3) is 0.795. The highest BCUT2D eigenvalue weighted by Gasteiger charge is 2.50. The molecule has 2 aliphatic rings. The molecule has 0 radical (unpaired) electrons. The molecule has 2 saturated heterocycles. The first-order valence-corrected chi connectivity index (χ1v) is 21.2. The third kappa shape index (κ3) is 12.1. The number of ether oxygens (including phenoxy) is 3. The van der Waals surface area contributed by atoms with Crippen molar-refractivity contribution in [2.45, 2.75) is 152 Å². The molecular formula is C39H68N4O12S. The maximum absolute atomic E-state index is 13.6. The van der Waals surface area contributed by atoms with Gasteiger partial charge in [0.25, 0.3) is 10.0 Å². The molecule has 2 fully saturated rings. The molecule has 17 heteroatoms. The topological polar surface area (TPSA) is 228 Å². The number of amides is 2. The number of rotatable bonds is 10. The number of nitrogens with one attached hydrogen (secondary N) is 2. The van der Waals surface area contributed by atoms with Crippen LogP contribution in [0.4, 0.5) is 4.79 Å². The zero-order valence-corrected chi connectivity index (χ0v) is 35.5. The molecule has 0 aromatic heterocycles. The van der Waals surface area contributed by atoms with Crippen molar-refractivity contribution in [3.8, 4) is 0 Å². The van der Waals surface area contributed by atoms with Gasteiger partial charge in [-0.1, -0.05) is 39.0 Å². The lowest BCUT2D eigenvalue weighted by atomic mass is 9.78. The Morgan fingerprint density at radius 2 is 1.66 bits per heavy atom. The number of carbonyl (C=O) groups is 2. The maximum Gasteiger partial charge on any atom is 0.328 e. The van der Waals surface area contributed by atoms with Crippen molar-refractivity contribution in [1.82, 2.24) is 19.8 Å². The zero-order valence-electron chi connectivity index (χ0n) is 34.7. The van der Waals surface area contributed by atoms with Crippen LogP contribution in [0.3, 0.4) is 0 Å². The van der Waals surface area contributed by atoms with Gasteiger partial charge in [0.2, 0.25) is 0 Å². The Morgan fingerprint density at radius 1 is 1.04 bits per heavy atom. The van der Waals surface area contributed by atoms with Gasteiger partial charge in [-0.15, -0.1) is 0 Å². The number of hydrogen-bond acceptors (Lipinski definition) is 14. The van der Waals surface area contributed by atoms with Gasteiger partial charge in [-0.25, -0.2) is 17.9 Å². The van der Waals surface area contributed by atoms with Crippen molar-refractivity contribution in [1.29, 1.82) is 0 Å². The highest BCUT2D eigenvalue weighted by Crippen LogP contribution is 2.36. The van der Waals surface area contributed by atoms with Crippen LogP contribution in [0, 0.1) is 17.8 Å². The Kier molecular flexibility index (Phi) is 17.1. The van der Waals surface area contributed by atoms with Gasteiger partial charge in [0.05, 0.1) is 34.7 Å². The van der Waals surface area contributed by atoms with E-state index in [1.54, 1.807) is 45.9 Å². The Balaban J connectivity index is 1.92. The van der Waals surface area contributed by atoms with Crippen molar-refractivity contribution < 1.29 is 57.8 Å². The van der Waals surface area contributed by atoms with Crippen LogP contribution in [0.1, 0.15) is 81.1 Å². The van der Waals surface area contributed by atoms with Gasteiger partial charge in [-0.3, -0.25) is 9.69 Å². The van der Waals surface area contributed by atoms with E-state index in [0.717, 1.165) is 0 Å². The van der Waals surface area contributed by atoms with Crippen molar-refractivity contribution in [2.24, 2.45) is 17.8 Å². The lowest BCUT2D eigenvalue weighted by molar-refractivity contribution is -0.299. The minimum atomic E-state index is -4.09. The van der Waals surface area contributed by atoms with E-state index in [-0.39, 0.29) is 55.4 Å². The third-order valence-electron chi connectivity index (χ3n) is 11.5. The molecule has 2 heterocycles. The number of sulfonamides is 1. The number of esters is 1. The molecule has 2 aliphatic heterocycles. The summed E-state index contributed by atoms with van der Waals surface area (Å²) in [5.74, 6) is -3.15. The summed E-state index contributed by atoms with van der Waals surface area (Å²) in [6.45, 7) is 13.9. The molecule has 14 atom stereocenters. The van der Waals surface area contributed by atoms with Gasteiger partial charge in [-0.05, 0) is 92.4 Å². The monoisotopic (exact) mass is 816 g/mol. The van der Waals surface area contributed by atoms with Crippen LogP contribution in [-0.2, 0) is 29.0 Å². The van der Waals surface area contributed by atoms with Crippen LogP contribution in [-0.4, -0.2) is 156 Å². The van der Waals surface area contributed by atoms with E-state index < -0.39 is 87.9 Å². The molecular weight excluding hydrogens is 749 g/mol. The van der Waals surface area contributed by atoms with E-state index >= 15 is 0 Å². The average Bonchev–Trinajstić information content (AvgIpc) is 3.12. The van der Waals surface area contributed by atoms with Crippen molar-refractivity contribution in [2.75, 3.05) is 33.7 Å². The minimum Gasteiger partial charge on any atom is -0.459 e. The number of carbonyl (C=O) groups excluding carboxylic acids is 2. The molecule has 0 aliphatic carbocycles. The SMILES string of the molecule is CC[C@H]1OC(=O)[C@H](C)[C@@H](O)[C@@H](C)[C@@H](O[C@H]2O[C@@H](C)C[C@H](N(C)C)[C@@H]2O)[C@](C)(O)C[C@@H](C)CN(CCCNC(=O)NS(=O)(=O)c2ccccc2)[C@H](C)[C@@H](O)[C@]1(C)O. The number of cyclic esters (lactones) is 1. The summed E-state index contributed by atoms with van der Waals surface area (Å²) >= 11 is 0. The third-order valence-corrected chi connectivity index (χ3v) is 12.8. The maximum atomic E-state index is 13.6. The molecule has 322 valence electrons. The van der Waals surface area contributed by atoms with Crippen LogP contribution >= 0.6 is 0 Å². The van der Waals surface area contributed by atoms with Gasteiger partial charge in [-0.2, -0.15) is 0 Å². The van der Waals surface area contributed by atoms with E-state index in [2.05, 4.69) is 5.32 Å². The van der Waals surface area contributed by atoms with Gasteiger partial charge >= 0.3 is 12.0 Å². The molecule has 0 saturated carbocycles. The number of aliphatic hydroxyl groups is 5. The second-order valence-corrected chi connectivity index (χ2v) is 18.4. The largest absolute Gasteiger partial charge is 0.459 e. The Morgan fingerprint density at radius 3 is 2.25 bits per heavy atom. The summed E-state index contributed by atoms with van der Waals surface area (Å²) in [4.78, 5) is 29.9. The molecule has 0 bridgehead atoms. The Labute approximate surface area is 332 Å². The molecule has 2 amide bonds. The van der Waals surface area contributed by atoms with Gasteiger partial charge in [0.1, 0.15) is 23.9 Å². The van der Waals surface area contributed by atoms with E-state index in [4.69, 9.17) is 14.2 Å². The number of urea groups is 1. The van der Waals surface area contributed by atoms with Crippen LogP contribution in [0.2, 0.25) is 0 Å². The van der Waals surface area contributed by atoms with Crippen LogP contribution in [0.25, 0.3) is 0 Å². The van der Waals surface area contributed by atoms with Crippen LogP contribution < -0.4 is 10.0 Å². The Hall–Kier alpha value is -2.45. The van der Waals surface area contributed by atoms with Gasteiger partial charge in [0, 0.05) is 37.6 Å². The molecule has 0 spiro atoms. The summed E-state index contributed by atoms with van der Waals surface area (Å²) in [6, 6.07) is 5.53. The van der Waals surface area contributed by atoms with E-state index in [1.165, 1.54) is 26.0 Å². The predicted octanol–water partition coefficient (Wildman–Crippen LogP) is 1.42. The number of nitrogens with zero attached hydrogens (tertiary/aromatic N) is 2. The molecule has 1 aromatic carbocycles. The highest BCUT2D eigenvalue weighted by atomic mass is 32.2. The van der Waals surface area contributed by atoms with Crippen molar-refractivity contribution in [3.63, 3.8) is 0 Å². The van der Waals surface area contributed by atoms with Crippen molar-refractivity contribution in [3.05, 3.63) is 30.3 Å². The van der Waals surface area contributed by atoms with Gasteiger partial charge < -0.3 is 50.0 Å². The van der Waals surface area contributed by atoms with Gasteiger partial charge in [0.15, 0.2) is 6.29 Å². The number of hydrogen-bond donors (Lipinski definition) is 7. The second kappa shape index (κ2) is 20.0. The molecule has 1 aromatic rings. The average molecular weight is 817 g/mol. The first-order valence-electron chi connectivity index (χ1n) is 19.7. The summed E-state index contributed by atoms with van der Waals surface area (Å²) < 4.78 is 45.5. The Bertz CT molecular complexity index is 1520. The van der Waals surface area contributed by atoms with Crippen LogP contribution in [0.15, 0.2) is 35.2 Å². The zero-order chi connectivity index (χ0) is 42.3. The molecule has 3 rings (SSSR count). The second-order valence-electron chi connectivity index (χ2n) is 16.7. The first kappa shape index (κ1) is 47.9. The standard InChI is InChI=1S/C39H68N4O12S/c1-11-30-39(8,50)33(46)27(6)43(19-15-18-40-37(48)41-56(51,52)28-16-13-12-14-17-28)22-23(2)21-38(7,49)34(25(4)31(44)26(5)35(47)54-30)55-36-32(45)29(42(9)10)20-24(3)53-36/h12-14,16-17,23-27,29-34,36,44-46,49-50H,11,15,18-22H2,1-10H3,(H2,40,41,48)/t23-,24+,25-,26-,27-,29+,30-,31+,32+,33-,34-,36-,38-,39-/m1/s1. The summed E-state index contributed by atoms with van der Waals surface area (Å²) in [5.41, 5.74) is -3.59. The molecule has 7 N–H and O–H groups in total. The summed E-state index contributed by atoms with van der Waals surface area (Å²) in [6.07, 6.45) is -6.58. The predicted molar refractivity (Wildman–Crippen MR) is 209 cm³/mol. The molecule has 56 heavy (non-hydrogen) atoms. The van der Waals surface area contributed by atoms with E-state index in [0.29, 0.717) is 12.8 Å². The summed E-state index contributed by atoms with van der Waals surface area (Å²) in [5, 5.41) is 61.3. The van der Waals surface area contributed by atoms with Crippen LogP contribution in [0.5, 0.6) is 0 Å². The summed E-state index contributed by atoms with van der Waals surface area (Å²) in [7, 11) is -0.400. The number of benzene rings is 1. The fourth-order valence-corrected chi connectivity index (χ4v) is 9.15. The molecule has 0 unspecified atom stereocenters. The van der Waals surface area contributed by atoms with Crippen molar-refractivity contribution >= 4 is 22.0 Å². The first-order chi connectivity index (χ1) is 25.9. The fourth-order valence-electron chi connectivity index (χ4n) is 8.20.